The van der Waals surface area contributed by atoms with Crippen LogP contribution >= 0.6 is 11.8 Å². The molecule has 1 atom stereocenters. The number of hydrogen-bond donors (Lipinski definition) is 0. The summed E-state index contributed by atoms with van der Waals surface area (Å²) in [6.45, 7) is 0.823. The third kappa shape index (κ3) is 3.40. The molecule has 1 aliphatic heterocycles. The molecule has 8 heteroatoms. The van der Waals surface area contributed by atoms with Crippen molar-refractivity contribution in [1.82, 2.24) is 10.2 Å². The first-order chi connectivity index (χ1) is 10.2. The monoisotopic (exact) mass is 307 g/mol. The lowest BCUT2D eigenvalue weighted by molar-refractivity contribution is -0.384. The van der Waals surface area contributed by atoms with Gasteiger partial charge >= 0.3 is 0 Å². The fourth-order valence-electron chi connectivity index (χ4n) is 2.05. The lowest BCUT2D eigenvalue weighted by atomic mass is 10.2. The SMILES string of the molecule is O=[N+]([O-])c1ccc(-c2nnc(SCC3CCCO3)o2)cc1. The molecule has 0 aliphatic carbocycles. The fourth-order valence-corrected chi connectivity index (χ4v) is 2.88. The lowest BCUT2D eigenvalue weighted by Crippen LogP contribution is -2.07. The predicted octanol–water partition coefficient (Wildman–Crippen LogP) is 2.92. The Kier molecular flexibility index (Phi) is 4.16. The van der Waals surface area contributed by atoms with E-state index >= 15 is 0 Å². The summed E-state index contributed by atoms with van der Waals surface area (Å²) in [4.78, 5) is 10.2. The Morgan fingerprint density at radius 3 is 2.81 bits per heavy atom. The minimum absolute atomic E-state index is 0.0336. The highest BCUT2D eigenvalue weighted by Gasteiger charge is 2.18. The molecule has 1 aliphatic rings. The van der Waals surface area contributed by atoms with Crippen molar-refractivity contribution in [3.63, 3.8) is 0 Å². The Hall–Kier alpha value is -1.93. The van der Waals surface area contributed by atoms with Gasteiger partial charge < -0.3 is 9.15 Å². The van der Waals surface area contributed by atoms with Crippen molar-refractivity contribution in [3.05, 3.63) is 34.4 Å². The van der Waals surface area contributed by atoms with Crippen LogP contribution in [0.2, 0.25) is 0 Å². The zero-order valence-corrected chi connectivity index (χ0v) is 11.9. The van der Waals surface area contributed by atoms with Crippen molar-refractivity contribution < 1.29 is 14.1 Å². The van der Waals surface area contributed by atoms with Gasteiger partial charge in [-0.3, -0.25) is 10.1 Å². The van der Waals surface area contributed by atoms with Crippen LogP contribution in [0.3, 0.4) is 0 Å². The maximum Gasteiger partial charge on any atom is 0.276 e. The highest BCUT2D eigenvalue weighted by Crippen LogP contribution is 2.27. The van der Waals surface area contributed by atoms with E-state index in [1.807, 2.05) is 0 Å². The number of hydrogen-bond acceptors (Lipinski definition) is 7. The van der Waals surface area contributed by atoms with Gasteiger partial charge in [0, 0.05) is 30.1 Å². The van der Waals surface area contributed by atoms with E-state index in [0.29, 0.717) is 16.7 Å². The Morgan fingerprint density at radius 1 is 1.33 bits per heavy atom. The van der Waals surface area contributed by atoms with Crippen LogP contribution in [0, 0.1) is 10.1 Å². The smallest absolute Gasteiger partial charge is 0.276 e. The van der Waals surface area contributed by atoms with E-state index in [9.17, 15) is 10.1 Å². The number of nitro groups is 1. The topological polar surface area (TPSA) is 91.3 Å². The summed E-state index contributed by atoms with van der Waals surface area (Å²) in [5, 5.41) is 19.0. The molecular formula is C13H13N3O4S. The zero-order chi connectivity index (χ0) is 14.7. The first kappa shape index (κ1) is 14.0. The Morgan fingerprint density at radius 2 is 2.14 bits per heavy atom. The van der Waals surface area contributed by atoms with E-state index in [1.54, 1.807) is 12.1 Å². The molecule has 2 aromatic rings. The van der Waals surface area contributed by atoms with Gasteiger partial charge in [0.15, 0.2) is 0 Å². The van der Waals surface area contributed by atoms with Crippen LogP contribution < -0.4 is 0 Å². The highest BCUT2D eigenvalue weighted by atomic mass is 32.2. The lowest BCUT2D eigenvalue weighted by Gasteiger charge is -2.05. The minimum atomic E-state index is -0.444. The molecule has 0 N–H and O–H groups in total. The summed E-state index contributed by atoms with van der Waals surface area (Å²) in [7, 11) is 0. The molecule has 1 unspecified atom stereocenters. The number of nitro benzene ring substituents is 1. The highest BCUT2D eigenvalue weighted by molar-refractivity contribution is 7.99. The second kappa shape index (κ2) is 6.23. The van der Waals surface area contributed by atoms with Gasteiger partial charge in [-0.25, -0.2) is 0 Å². The number of ether oxygens (including phenoxy) is 1. The molecule has 0 amide bonds. The summed E-state index contributed by atoms with van der Waals surface area (Å²) < 4.78 is 11.1. The number of aromatic nitrogens is 2. The number of rotatable bonds is 5. The average molecular weight is 307 g/mol. The Balaban J connectivity index is 1.64. The maximum absolute atomic E-state index is 10.6. The zero-order valence-electron chi connectivity index (χ0n) is 11.1. The number of thioether (sulfide) groups is 1. The van der Waals surface area contributed by atoms with Crippen LogP contribution in [0.25, 0.3) is 11.5 Å². The molecule has 110 valence electrons. The minimum Gasteiger partial charge on any atom is -0.411 e. The van der Waals surface area contributed by atoms with Crippen molar-refractivity contribution in [3.8, 4) is 11.5 Å². The molecule has 0 bridgehead atoms. The van der Waals surface area contributed by atoms with Crippen LogP contribution in [0.1, 0.15) is 12.8 Å². The predicted molar refractivity (Wildman–Crippen MR) is 76.1 cm³/mol. The van der Waals surface area contributed by atoms with Gasteiger partial charge in [-0.1, -0.05) is 11.8 Å². The summed E-state index contributed by atoms with van der Waals surface area (Å²) in [6, 6.07) is 6.03. The molecule has 1 aromatic carbocycles. The van der Waals surface area contributed by atoms with Gasteiger partial charge in [-0.15, -0.1) is 10.2 Å². The standard InChI is InChI=1S/C13H13N3O4S/c17-16(18)10-5-3-9(4-6-10)12-14-15-13(20-12)21-8-11-2-1-7-19-11/h3-6,11H,1-2,7-8H2. The van der Waals surface area contributed by atoms with Gasteiger partial charge in [0.2, 0.25) is 5.89 Å². The first-order valence-electron chi connectivity index (χ1n) is 6.55. The van der Waals surface area contributed by atoms with Crippen LogP contribution in [-0.4, -0.2) is 33.6 Å². The molecule has 1 saturated heterocycles. The van der Waals surface area contributed by atoms with Crippen molar-refractivity contribution in [2.75, 3.05) is 12.4 Å². The first-order valence-corrected chi connectivity index (χ1v) is 7.53. The van der Waals surface area contributed by atoms with Gasteiger partial charge in [0.05, 0.1) is 11.0 Å². The molecule has 0 saturated carbocycles. The summed E-state index contributed by atoms with van der Waals surface area (Å²) in [5.41, 5.74) is 0.698. The Bertz CT molecular complexity index is 623. The fraction of sp³-hybridized carbons (Fsp3) is 0.385. The summed E-state index contributed by atoms with van der Waals surface area (Å²) in [5.74, 6) is 1.15. The molecule has 2 heterocycles. The normalized spacial score (nSPS) is 18.0. The van der Waals surface area contributed by atoms with Crippen LogP contribution in [0.15, 0.2) is 33.9 Å². The number of benzene rings is 1. The van der Waals surface area contributed by atoms with Gasteiger partial charge in [-0.05, 0) is 25.0 Å². The quantitative estimate of drug-likeness (QED) is 0.476. The average Bonchev–Trinajstić information content (AvgIpc) is 3.17. The van der Waals surface area contributed by atoms with E-state index in [2.05, 4.69) is 10.2 Å². The van der Waals surface area contributed by atoms with Crippen molar-refractivity contribution in [2.45, 2.75) is 24.2 Å². The molecular weight excluding hydrogens is 294 g/mol. The van der Waals surface area contributed by atoms with Gasteiger partial charge in [0.1, 0.15) is 0 Å². The van der Waals surface area contributed by atoms with Gasteiger partial charge in [-0.2, -0.15) is 0 Å². The third-order valence-electron chi connectivity index (χ3n) is 3.15. The van der Waals surface area contributed by atoms with Crippen molar-refractivity contribution in [1.29, 1.82) is 0 Å². The second-order valence-electron chi connectivity index (χ2n) is 4.62. The number of nitrogens with zero attached hydrogens (tertiary/aromatic N) is 3. The molecule has 0 spiro atoms. The van der Waals surface area contributed by atoms with Crippen molar-refractivity contribution >= 4 is 17.4 Å². The van der Waals surface area contributed by atoms with E-state index in [0.717, 1.165) is 25.2 Å². The Labute approximate surface area is 124 Å². The van der Waals surface area contributed by atoms with Crippen LogP contribution in [0.5, 0.6) is 0 Å². The van der Waals surface area contributed by atoms with E-state index in [-0.39, 0.29) is 11.8 Å². The molecule has 3 rings (SSSR count). The molecule has 21 heavy (non-hydrogen) atoms. The summed E-state index contributed by atoms with van der Waals surface area (Å²) >= 11 is 1.47. The second-order valence-corrected chi connectivity index (χ2v) is 5.59. The molecule has 1 aromatic heterocycles. The van der Waals surface area contributed by atoms with Gasteiger partial charge in [0.25, 0.3) is 10.9 Å². The van der Waals surface area contributed by atoms with E-state index in [4.69, 9.17) is 9.15 Å². The van der Waals surface area contributed by atoms with Crippen molar-refractivity contribution in [2.24, 2.45) is 0 Å². The number of non-ortho nitro benzene ring substituents is 1. The molecule has 1 fully saturated rings. The summed E-state index contributed by atoms with van der Waals surface area (Å²) in [6.07, 6.45) is 2.42. The maximum atomic E-state index is 10.6. The van der Waals surface area contributed by atoms with Crippen LogP contribution in [0.4, 0.5) is 5.69 Å². The molecule has 0 radical (unpaired) electrons. The van der Waals surface area contributed by atoms with Crippen LogP contribution in [-0.2, 0) is 4.74 Å². The largest absolute Gasteiger partial charge is 0.411 e. The van der Waals surface area contributed by atoms with E-state index in [1.165, 1.54) is 23.9 Å². The molecule has 7 nitrogen and oxygen atoms in total. The third-order valence-corrected chi connectivity index (χ3v) is 4.10. The van der Waals surface area contributed by atoms with E-state index < -0.39 is 4.92 Å².